The Morgan fingerprint density at radius 2 is 1.00 bits per heavy atom. The third-order valence-corrected chi connectivity index (χ3v) is 6.27. The lowest BCUT2D eigenvalue weighted by Crippen LogP contribution is -2.15. The summed E-state index contributed by atoms with van der Waals surface area (Å²) >= 11 is 0. The van der Waals surface area contributed by atoms with Crippen LogP contribution in [-0.4, -0.2) is 92.5 Å². The maximum atomic E-state index is 4.66. The number of nitrogens with one attached hydrogen (secondary N) is 1. The maximum Gasteiger partial charge on any atom is 0.168 e. The van der Waals surface area contributed by atoms with Crippen LogP contribution in [-0.2, 0) is 0 Å². The highest BCUT2D eigenvalue weighted by molar-refractivity contribution is 7.51. The predicted molar refractivity (Wildman–Crippen MR) is 105 cm³/mol. The van der Waals surface area contributed by atoms with Crippen molar-refractivity contribution >= 4 is 29.2 Å². The Labute approximate surface area is 142 Å². The summed E-state index contributed by atoms with van der Waals surface area (Å²) in [5.41, 5.74) is 1.98. The van der Waals surface area contributed by atoms with Gasteiger partial charge in [-0.15, -0.1) is 0 Å². The van der Waals surface area contributed by atoms with Gasteiger partial charge in [0.2, 0.25) is 0 Å². The van der Waals surface area contributed by atoms with Crippen LogP contribution < -0.4 is 0 Å². The number of aromatic nitrogens is 1. The highest BCUT2D eigenvalue weighted by atomic mass is 31.2. The molecule has 9 heteroatoms. The van der Waals surface area contributed by atoms with Crippen molar-refractivity contribution < 1.29 is 0 Å². The second-order valence-corrected chi connectivity index (χ2v) is 10.5. The molecule has 23 heavy (non-hydrogen) atoms. The van der Waals surface area contributed by atoms with Crippen molar-refractivity contribution in [1.82, 2.24) is 23.7 Å². The van der Waals surface area contributed by atoms with Crippen molar-refractivity contribution in [2.24, 2.45) is 9.53 Å². The smallest absolute Gasteiger partial charge is 0.168 e. The Kier molecular flexibility index (Phi) is 8.48. The molecule has 1 rings (SSSR count). The van der Waals surface area contributed by atoms with Gasteiger partial charge in [0.05, 0.1) is 23.8 Å². The summed E-state index contributed by atoms with van der Waals surface area (Å²) in [5.74, 6) is 0. The van der Waals surface area contributed by atoms with E-state index in [2.05, 4.69) is 33.2 Å². The first kappa shape index (κ1) is 20.4. The molecular formula is C14H29N7P2. The summed E-state index contributed by atoms with van der Waals surface area (Å²) in [6.07, 6.45) is 3.79. The van der Waals surface area contributed by atoms with Crippen LogP contribution in [0.3, 0.4) is 0 Å². The first-order chi connectivity index (χ1) is 10.7. The van der Waals surface area contributed by atoms with E-state index >= 15 is 0 Å². The van der Waals surface area contributed by atoms with Crippen molar-refractivity contribution in [3.05, 3.63) is 23.5 Å². The minimum absolute atomic E-state index is 0.656. The van der Waals surface area contributed by atoms with E-state index in [4.69, 9.17) is 0 Å². The van der Waals surface area contributed by atoms with E-state index in [1.165, 1.54) is 0 Å². The molecule has 1 heterocycles. The molecule has 1 N–H and O–H groups in total. The summed E-state index contributed by atoms with van der Waals surface area (Å²) in [7, 11) is 15.0. The molecule has 0 unspecified atom stereocenters. The third-order valence-electron chi connectivity index (χ3n) is 2.76. The first-order valence-electron chi connectivity index (χ1n) is 7.28. The quantitative estimate of drug-likeness (QED) is 0.574. The normalized spacial score (nSPS) is 13.5. The lowest BCUT2D eigenvalue weighted by molar-refractivity contribution is 0.575. The maximum absolute atomic E-state index is 4.66. The molecule has 1 aromatic rings. The fourth-order valence-corrected chi connectivity index (χ4v) is 4.65. The van der Waals surface area contributed by atoms with Gasteiger partial charge >= 0.3 is 0 Å². The average molecular weight is 357 g/mol. The molecule has 0 saturated carbocycles. The van der Waals surface area contributed by atoms with Gasteiger partial charge in [0.1, 0.15) is 0 Å². The summed E-state index contributed by atoms with van der Waals surface area (Å²) in [6.45, 7) is 0. The van der Waals surface area contributed by atoms with Crippen LogP contribution in [0.25, 0.3) is 0 Å². The van der Waals surface area contributed by atoms with E-state index < -0.39 is 16.7 Å². The molecule has 0 amide bonds. The third kappa shape index (κ3) is 6.76. The summed E-state index contributed by atoms with van der Waals surface area (Å²) in [4.78, 5) is 3.33. The summed E-state index contributed by atoms with van der Waals surface area (Å²) < 4.78 is 17.8. The number of hydrogen-bond donors (Lipinski definition) is 1. The van der Waals surface area contributed by atoms with Gasteiger partial charge in [-0.3, -0.25) is 18.7 Å². The van der Waals surface area contributed by atoms with Crippen LogP contribution >= 0.6 is 16.7 Å². The first-order valence-corrected chi connectivity index (χ1v) is 9.68. The topological polar surface area (TPSA) is 53.5 Å². The highest BCUT2D eigenvalue weighted by Gasteiger charge is 2.12. The van der Waals surface area contributed by atoms with Crippen molar-refractivity contribution in [2.75, 3.05) is 56.4 Å². The molecule has 0 aliphatic rings. The van der Waals surface area contributed by atoms with Crippen LogP contribution in [0.4, 0.5) is 0 Å². The van der Waals surface area contributed by atoms with Gasteiger partial charge in [-0.25, -0.2) is 9.53 Å². The second-order valence-electron chi connectivity index (χ2n) is 5.78. The lowest BCUT2D eigenvalue weighted by Gasteiger charge is -2.25. The molecule has 7 nitrogen and oxygen atoms in total. The van der Waals surface area contributed by atoms with Crippen molar-refractivity contribution in [3.63, 3.8) is 0 Å². The Bertz CT molecular complexity index is 462. The van der Waals surface area contributed by atoms with Crippen molar-refractivity contribution in [1.29, 1.82) is 0 Å². The van der Waals surface area contributed by atoms with Gasteiger partial charge in [0.25, 0.3) is 0 Å². The monoisotopic (exact) mass is 357 g/mol. The zero-order valence-corrected chi connectivity index (χ0v) is 17.2. The number of aromatic amines is 1. The molecule has 0 bridgehead atoms. The van der Waals surface area contributed by atoms with Gasteiger partial charge in [-0.2, -0.15) is 0 Å². The van der Waals surface area contributed by atoms with E-state index in [1.54, 1.807) is 0 Å². The highest BCUT2D eigenvalue weighted by Crippen LogP contribution is 2.41. The minimum Gasteiger partial charge on any atom is -0.353 e. The molecule has 0 radical (unpaired) electrons. The van der Waals surface area contributed by atoms with E-state index in [1.807, 2.05) is 80.9 Å². The summed E-state index contributed by atoms with van der Waals surface area (Å²) in [6, 6.07) is 4.05. The molecule has 0 aromatic carbocycles. The van der Waals surface area contributed by atoms with Crippen LogP contribution in [0.2, 0.25) is 0 Å². The van der Waals surface area contributed by atoms with Gasteiger partial charge in [-0.05, 0) is 68.5 Å². The Morgan fingerprint density at radius 1 is 0.696 bits per heavy atom. The van der Waals surface area contributed by atoms with Gasteiger partial charge < -0.3 is 4.98 Å². The molecule has 1 aromatic heterocycles. The molecule has 0 aliphatic heterocycles. The van der Waals surface area contributed by atoms with Crippen LogP contribution in [0.15, 0.2) is 21.7 Å². The van der Waals surface area contributed by atoms with E-state index in [-0.39, 0.29) is 0 Å². The van der Waals surface area contributed by atoms with E-state index in [0.717, 1.165) is 11.4 Å². The zero-order chi connectivity index (χ0) is 17.6. The fourth-order valence-electron chi connectivity index (χ4n) is 1.94. The lowest BCUT2D eigenvalue weighted by atomic mass is 10.4. The van der Waals surface area contributed by atoms with E-state index in [0.29, 0.717) is 0 Å². The average Bonchev–Trinajstić information content (AvgIpc) is 2.85. The van der Waals surface area contributed by atoms with Gasteiger partial charge in [0.15, 0.2) is 16.7 Å². The molecule has 0 atom stereocenters. The number of H-pyrrole nitrogens is 1. The van der Waals surface area contributed by atoms with Crippen molar-refractivity contribution in [2.45, 2.75) is 0 Å². The number of nitrogens with zero attached hydrogens (tertiary/aromatic N) is 6. The Morgan fingerprint density at radius 3 is 1.26 bits per heavy atom. The van der Waals surface area contributed by atoms with Crippen LogP contribution in [0.1, 0.15) is 11.4 Å². The van der Waals surface area contributed by atoms with Crippen LogP contribution in [0.5, 0.6) is 0 Å². The fraction of sp³-hybridized carbons (Fsp3) is 0.571. The number of hydrogen-bond acceptors (Lipinski definition) is 6. The van der Waals surface area contributed by atoms with Gasteiger partial charge in [-0.1, -0.05) is 0 Å². The number of rotatable bonds is 8. The largest absolute Gasteiger partial charge is 0.353 e. The Hall–Kier alpha value is -0.680. The Balaban J connectivity index is 2.78. The molecule has 0 saturated heterocycles. The molecule has 0 spiro atoms. The molecule has 0 fully saturated rings. The van der Waals surface area contributed by atoms with Crippen molar-refractivity contribution in [3.8, 4) is 0 Å². The standard InChI is InChI=1S/C14H29N7P2/c1-18(2)22(19(3)4)15-11-13-9-10-14(17-13)12-16-23(20(5)6)21(7)8/h9-12,17H,1-8H3/b15-11+,16-12+. The second kappa shape index (κ2) is 9.58. The van der Waals surface area contributed by atoms with E-state index in [9.17, 15) is 0 Å². The molecular weight excluding hydrogens is 328 g/mol. The molecule has 0 aliphatic carbocycles. The van der Waals surface area contributed by atoms with Crippen LogP contribution in [0, 0.1) is 0 Å². The molecule has 130 valence electrons. The SMILES string of the molecule is CN(C)P(/N=C/c1ccc(/C=N/P(N(C)C)N(C)C)[nH]1)N(C)C. The minimum atomic E-state index is -0.656. The van der Waals surface area contributed by atoms with Gasteiger partial charge in [0, 0.05) is 0 Å². The predicted octanol–water partition coefficient (Wildman–Crippen LogP) is 2.55. The summed E-state index contributed by atoms with van der Waals surface area (Å²) in [5, 5.41) is 0. The zero-order valence-electron chi connectivity index (χ0n) is 15.4.